The van der Waals surface area contributed by atoms with E-state index in [9.17, 15) is 0 Å². The van der Waals surface area contributed by atoms with Crippen LogP contribution in [0.25, 0.3) is 48.5 Å². The van der Waals surface area contributed by atoms with E-state index in [0.717, 1.165) is 5.56 Å². The molecule has 2 unspecified atom stereocenters. The lowest BCUT2D eigenvalue weighted by Crippen LogP contribution is -2.31. The third-order valence-electron chi connectivity index (χ3n) is 7.51. The molecule has 0 aliphatic carbocycles. The summed E-state index contributed by atoms with van der Waals surface area (Å²) < 4.78 is 1.28. The highest BCUT2D eigenvalue weighted by atomic mass is 32.1. The van der Waals surface area contributed by atoms with Crippen LogP contribution >= 0.6 is 11.3 Å². The number of thiophene rings is 1. The van der Waals surface area contributed by atoms with Crippen molar-refractivity contribution in [3.05, 3.63) is 149 Å². The average Bonchev–Trinajstić information content (AvgIpc) is 3.43. The smallest absolute Gasteiger partial charge is 0.0817 e. The molecule has 0 radical (unpaired) electrons. The lowest BCUT2D eigenvalue weighted by atomic mass is 9.95. The number of hydrogen-bond acceptors (Lipinski definition) is 3. The summed E-state index contributed by atoms with van der Waals surface area (Å²) in [6, 6.07) is 45.3. The van der Waals surface area contributed by atoms with E-state index < -0.39 is 0 Å². The Balaban J connectivity index is 1.30. The monoisotopic (exact) mass is 520 g/mol. The zero-order valence-corrected chi connectivity index (χ0v) is 22.2. The van der Waals surface area contributed by atoms with Gasteiger partial charge in [0, 0.05) is 9.58 Å². The van der Waals surface area contributed by atoms with Gasteiger partial charge in [0.1, 0.15) is 0 Å². The summed E-state index contributed by atoms with van der Waals surface area (Å²) >= 11 is 1.81. The first-order valence-electron chi connectivity index (χ1n) is 13.3. The lowest BCUT2D eigenvalue weighted by molar-refractivity contribution is 0.514. The molecule has 0 aliphatic rings. The molecule has 0 aliphatic heterocycles. The van der Waals surface area contributed by atoms with Crippen molar-refractivity contribution in [2.45, 2.75) is 12.2 Å². The van der Waals surface area contributed by atoms with Crippen molar-refractivity contribution in [1.82, 2.24) is 5.32 Å². The van der Waals surface area contributed by atoms with Crippen LogP contribution in [0, 0.1) is 0 Å². The van der Waals surface area contributed by atoms with E-state index in [1.165, 1.54) is 52.8 Å². The summed E-state index contributed by atoms with van der Waals surface area (Å²) in [5, 5.41) is 12.5. The Kier molecular flexibility index (Phi) is 6.18. The molecular formula is C36H28N2S. The second-order valence-corrected chi connectivity index (χ2v) is 11.1. The summed E-state index contributed by atoms with van der Waals surface area (Å²) in [5.41, 5.74) is 8.92. The van der Waals surface area contributed by atoms with Crippen LogP contribution in [0.5, 0.6) is 0 Å². The Morgan fingerprint density at radius 2 is 1.33 bits per heavy atom. The van der Waals surface area contributed by atoms with Crippen molar-refractivity contribution in [2.75, 3.05) is 0 Å². The molecule has 0 spiro atoms. The average molecular weight is 521 g/mol. The Labute approximate surface area is 232 Å². The summed E-state index contributed by atoms with van der Waals surface area (Å²) in [4.78, 5) is 1.25. The van der Waals surface area contributed by atoms with Crippen LogP contribution in [0.3, 0.4) is 0 Å². The number of fused-ring (bicyclic) bond motifs is 5. The van der Waals surface area contributed by atoms with Gasteiger partial charge in [-0.3, -0.25) is 5.32 Å². The van der Waals surface area contributed by atoms with Crippen LogP contribution in [0.2, 0.25) is 0 Å². The number of benzene rings is 6. The molecule has 0 amide bonds. The van der Waals surface area contributed by atoms with E-state index in [0.29, 0.717) is 0 Å². The fraction of sp³-hybridized carbons (Fsp3) is 0.0556. The molecule has 0 fully saturated rings. The summed E-state index contributed by atoms with van der Waals surface area (Å²) in [6.07, 6.45) is 4.22. The molecule has 0 bridgehead atoms. The molecule has 3 heteroatoms. The Bertz CT molecular complexity index is 1940. The summed E-state index contributed by atoms with van der Waals surface area (Å²) in [6.45, 7) is 0. The van der Waals surface area contributed by atoms with Gasteiger partial charge in [0.05, 0.1) is 12.2 Å². The number of nitrogens with two attached hydrogens (primary N) is 1. The quantitative estimate of drug-likeness (QED) is 0.130. The molecule has 188 valence electrons. The van der Waals surface area contributed by atoms with Gasteiger partial charge in [0.15, 0.2) is 0 Å². The fourth-order valence-electron chi connectivity index (χ4n) is 5.49. The second-order valence-electron chi connectivity index (χ2n) is 10.0. The predicted molar refractivity (Wildman–Crippen MR) is 169 cm³/mol. The van der Waals surface area contributed by atoms with Gasteiger partial charge in [-0.2, -0.15) is 0 Å². The molecule has 1 aromatic heterocycles. The van der Waals surface area contributed by atoms with Crippen molar-refractivity contribution >= 4 is 59.8 Å². The van der Waals surface area contributed by atoms with E-state index in [1.54, 1.807) is 0 Å². The van der Waals surface area contributed by atoms with E-state index in [-0.39, 0.29) is 12.2 Å². The Morgan fingerprint density at radius 3 is 2.15 bits per heavy atom. The van der Waals surface area contributed by atoms with Gasteiger partial charge in [0.2, 0.25) is 0 Å². The largest absolute Gasteiger partial charge is 0.312 e. The van der Waals surface area contributed by atoms with Crippen molar-refractivity contribution in [1.29, 1.82) is 0 Å². The lowest BCUT2D eigenvalue weighted by Gasteiger charge is -2.20. The van der Waals surface area contributed by atoms with Gasteiger partial charge < -0.3 is 5.73 Å². The van der Waals surface area contributed by atoms with Crippen molar-refractivity contribution in [2.24, 2.45) is 5.73 Å². The molecular weight excluding hydrogens is 492 g/mol. The van der Waals surface area contributed by atoms with Crippen LogP contribution in [0.4, 0.5) is 0 Å². The highest BCUT2D eigenvalue weighted by Crippen LogP contribution is 2.34. The highest BCUT2D eigenvalue weighted by molar-refractivity contribution is 7.19. The van der Waals surface area contributed by atoms with Gasteiger partial charge in [-0.15, -0.1) is 11.3 Å². The zero-order valence-electron chi connectivity index (χ0n) is 21.4. The van der Waals surface area contributed by atoms with Crippen LogP contribution in [0.15, 0.2) is 133 Å². The first-order valence-corrected chi connectivity index (χ1v) is 14.1. The Hall–Kier alpha value is -4.28. The van der Waals surface area contributed by atoms with E-state index in [1.807, 2.05) is 29.5 Å². The van der Waals surface area contributed by atoms with Crippen LogP contribution < -0.4 is 11.1 Å². The third kappa shape index (κ3) is 4.62. The van der Waals surface area contributed by atoms with Crippen molar-refractivity contribution in [3.63, 3.8) is 0 Å². The number of nitrogens with one attached hydrogen (secondary N) is 1. The molecule has 1 heterocycles. The first-order chi connectivity index (χ1) is 19.2. The molecule has 2 nitrogen and oxygen atoms in total. The fourth-order valence-corrected chi connectivity index (χ4v) is 6.59. The Morgan fingerprint density at radius 1 is 0.590 bits per heavy atom. The maximum atomic E-state index is 6.65. The minimum absolute atomic E-state index is 0.0303. The van der Waals surface area contributed by atoms with Crippen LogP contribution in [-0.4, -0.2) is 0 Å². The number of hydrogen-bond donors (Lipinski definition) is 2. The summed E-state index contributed by atoms with van der Waals surface area (Å²) in [7, 11) is 0. The predicted octanol–water partition coefficient (Wildman–Crippen LogP) is 9.36. The minimum Gasteiger partial charge on any atom is -0.312 e. The zero-order chi connectivity index (χ0) is 26.2. The highest BCUT2D eigenvalue weighted by Gasteiger charge is 2.16. The van der Waals surface area contributed by atoms with Gasteiger partial charge in [-0.25, -0.2) is 0 Å². The van der Waals surface area contributed by atoms with Crippen molar-refractivity contribution in [3.8, 4) is 0 Å². The molecule has 7 rings (SSSR count). The standard InChI is InChI=1S/C36H28N2S/c37-36(25-9-2-1-3-10-25)38-33(35-23-29-13-6-7-16-34(29)39-35)20-18-24-14-8-15-31-30(24)19-17-28-21-26-11-4-5-12-27(26)22-32(28)31/h1-23,33,36,38H,37H2/b20-18+. The molecule has 6 aromatic carbocycles. The van der Waals surface area contributed by atoms with Gasteiger partial charge in [0.25, 0.3) is 0 Å². The molecule has 2 atom stereocenters. The maximum Gasteiger partial charge on any atom is 0.0817 e. The SMILES string of the molecule is NC(NC(/C=C/c1cccc2c1ccc1cc3ccccc3cc12)c1cc2ccccc2s1)c1ccccc1. The normalized spacial score (nSPS) is 13.6. The topological polar surface area (TPSA) is 38.0 Å². The van der Waals surface area contributed by atoms with E-state index in [2.05, 4.69) is 127 Å². The maximum absolute atomic E-state index is 6.65. The minimum atomic E-state index is -0.282. The van der Waals surface area contributed by atoms with Crippen molar-refractivity contribution < 1.29 is 0 Å². The third-order valence-corrected chi connectivity index (χ3v) is 8.71. The molecule has 0 saturated carbocycles. The first kappa shape index (κ1) is 23.8. The molecule has 0 saturated heterocycles. The van der Waals surface area contributed by atoms with Gasteiger partial charge >= 0.3 is 0 Å². The van der Waals surface area contributed by atoms with E-state index >= 15 is 0 Å². The van der Waals surface area contributed by atoms with Crippen LogP contribution in [-0.2, 0) is 0 Å². The van der Waals surface area contributed by atoms with Gasteiger partial charge in [-0.05, 0) is 73.1 Å². The summed E-state index contributed by atoms with van der Waals surface area (Å²) in [5.74, 6) is 0. The van der Waals surface area contributed by atoms with Crippen LogP contribution in [0.1, 0.15) is 28.2 Å². The molecule has 3 N–H and O–H groups in total. The number of rotatable bonds is 6. The second kappa shape index (κ2) is 10.1. The van der Waals surface area contributed by atoms with E-state index in [4.69, 9.17) is 5.73 Å². The van der Waals surface area contributed by atoms with Gasteiger partial charge in [-0.1, -0.05) is 115 Å². The molecule has 7 aromatic rings. The molecule has 39 heavy (non-hydrogen) atoms.